The van der Waals surface area contributed by atoms with E-state index < -0.39 is 23.8 Å². The van der Waals surface area contributed by atoms with Crippen LogP contribution < -0.4 is 11.1 Å². The van der Waals surface area contributed by atoms with Gasteiger partial charge in [-0.25, -0.2) is 4.39 Å². The van der Waals surface area contributed by atoms with Crippen molar-refractivity contribution in [2.24, 2.45) is 11.7 Å². The Balaban J connectivity index is 1.84. The first-order valence-electron chi connectivity index (χ1n) is 8.37. The minimum atomic E-state index is -1.02. The van der Waals surface area contributed by atoms with Crippen LogP contribution in [0.5, 0.6) is 0 Å². The molecule has 134 valence electrons. The van der Waals surface area contributed by atoms with E-state index in [1.165, 1.54) is 28.0 Å². The molecule has 1 unspecified atom stereocenters. The molecule has 2 fully saturated rings. The first-order chi connectivity index (χ1) is 12.0. The summed E-state index contributed by atoms with van der Waals surface area (Å²) >= 11 is 0. The summed E-state index contributed by atoms with van der Waals surface area (Å²) < 4.78 is 13.4. The third kappa shape index (κ3) is 3.63. The van der Waals surface area contributed by atoms with E-state index >= 15 is 0 Å². The third-order valence-corrected chi connectivity index (χ3v) is 4.39. The normalized spacial score (nSPS) is 19.8. The fourth-order valence-corrected chi connectivity index (χ4v) is 2.99. The maximum Gasteiger partial charge on any atom is 0.263 e. The molecule has 1 saturated carbocycles. The Labute approximate surface area is 144 Å². The van der Waals surface area contributed by atoms with Crippen LogP contribution in [0, 0.1) is 11.7 Å². The third-order valence-electron chi connectivity index (χ3n) is 4.39. The maximum absolute atomic E-state index is 13.4. The maximum atomic E-state index is 13.4. The van der Waals surface area contributed by atoms with Crippen molar-refractivity contribution in [1.29, 1.82) is 0 Å². The zero-order valence-electron chi connectivity index (χ0n) is 13.8. The van der Waals surface area contributed by atoms with Gasteiger partial charge in [-0.15, -0.1) is 0 Å². The summed E-state index contributed by atoms with van der Waals surface area (Å²) in [6.07, 6.45) is 0.602. The van der Waals surface area contributed by atoms with Crippen molar-refractivity contribution in [2.75, 3.05) is 26.2 Å². The Bertz CT molecular complexity index is 692. The van der Waals surface area contributed by atoms with Gasteiger partial charge < -0.3 is 20.9 Å². The first kappa shape index (κ1) is 17.3. The lowest BCUT2D eigenvalue weighted by Crippen LogP contribution is -2.54. The van der Waals surface area contributed by atoms with E-state index in [0.717, 1.165) is 18.9 Å². The summed E-state index contributed by atoms with van der Waals surface area (Å²) in [5.41, 5.74) is 5.56. The van der Waals surface area contributed by atoms with E-state index in [0.29, 0.717) is 0 Å². The van der Waals surface area contributed by atoms with Gasteiger partial charge >= 0.3 is 0 Å². The number of nitrogens with one attached hydrogen (secondary N) is 1. The van der Waals surface area contributed by atoms with Gasteiger partial charge in [-0.3, -0.25) is 14.4 Å². The van der Waals surface area contributed by atoms with Crippen LogP contribution in [0.3, 0.4) is 0 Å². The molecule has 0 bridgehead atoms. The van der Waals surface area contributed by atoms with Gasteiger partial charge in [-0.05, 0) is 31.0 Å². The van der Waals surface area contributed by atoms with Gasteiger partial charge in [0.05, 0.1) is 0 Å². The lowest BCUT2D eigenvalue weighted by atomic mass is 10.2. The predicted octanol–water partition coefficient (Wildman–Crippen LogP) is -0.0789. The molecule has 1 atom stereocenters. The van der Waals surface area contributed by atoms with Crippen molar-refractivity contribution in [3.05, 3.63) is 35.6 Å². The Morgan fingerprint density at radius 3 is 2.56 bits per heavy atom. The van der Waals surface area contributed by atoms with Crippen LogP contribution in [0.4, 0.5) is 4.39 Å². The Morgan fingerprint density at radius 1 is 1.20 bits per heavy atom. The van der Waals surface area contributed by atoms with Gasteiger partial charge in [0.25, 0.3) is 11.8 Å². The number of rotatable bonds is 5. The number of carbonyl (C=O) groups excluding carboxylic acids is 3. The van der Waals surface area contributed by atoms with Gasteiger partial charge in [0.2, 0.25) is 5.91 Å². The van der Waals surface area contributed by atoms with Crippen molar-refractivity contribution < 1.29 is 18.8 Å². The topological polar surface area (TPSA) is 95.7 Å². The molecule has 1 aliphatic carbocycles. The summed E-state index contributed by atoms with van der Waals surface area (Å²) in [5, 5.41) is 2.64. The second-order valence-corrected chi connectivity index (χ2v) is 6.27. The molecule has 0 spiro atoms. The van der Waals surface area contributed by atoms with Crippen LogP contribution >= 0.6 is 0 Å². The number of nitrogens with zero attached hydrogens (tertiary/aromatic N) is 2. The molecule has 0 aromatic heterocycles. The van der Waals surface area contributed by atoms with Crippen LogP contribution in [0.1, 0.15) is 23.2 Å². The number of carbonyl (C=O) groups is 3. The number of benzene rings is 1. The zero-order valence-corrected chi connectivity index (χ0v) is 13.8. The van der Waals surface area contributed by atoms with Crippen molar-refractivity contribution in [3.63, 3.8) is 0 Å². The molecule has 1 aromatic carbocycles. The molecule has 1 aliphatic heterocycles. The summed E-state index contributed by atoms with van der Waals surface area (Å²) in [6.45, 7) is 1.03. The molecule has 25 heavy (non-hydrogen) atoms. The molecule has 1 heterocycles. The smallest absolute Gasteiger partial charge is 0.263 e. The average molecular weight is 348 g/mol. The van der Waals surface area contributed by atoms with E-state index in [2.05, 4.69) is 5.32 Å². The number of amides is 3. The highest BCUT2D eigenvalue weighted by atomic mass is 19.1. The van der Waals surface area contributed by atoms with Crippen molar-refractivity contribution in [3.8, 4) is 0 Å². The summed E-state index contributed by atoms with van der Waals surface area (Å²) in [5.74, 6) is -1.61. The average Bonchev–Trinajstić information content (AvgIpc) is 3.36. The molecular formula is C17H21FN4O3. The molecule has 3 amide bonds. The van der Waals surface area contributed by atoms with Gasteiger partial charge in [-0.2, -0.15) is 0 Å². The first-order valence-corrected chi connectivity index (χ1v) is 8.37. The summed E-state index contributed by atoms with van der Waals surface area (Å²) in [6, 6.07) is 5.30. The number of nitrogens with two attached hydrogens (primary N) is 1. The van der Waals surface area contributed by atoms with E-state index in [9.17, 15) is 18.8 Å². The highest BCUT2D eigenvalue weighted by molar-refractivity contribution is 5.99. The zero-order chi connectivity index (χ0) is 18.0. The monoisotopic (exact) mass is 348 g/mol. The number of hydrogen-bond donors (Lipinski definition) is 2. The van der Waals surface area contributed by atoms with Crippen LogP contribution in [0.25, 0.3) is 0 Å². The molecule has 7 nitrogen and oxygen atoms in total. The van der Waals surface area contributed by atoms with Crippen LogP contribution in [-0.2, 0) is 9.59 Å². The van der Waals surface area contributed by atoms with Crippen molar-refractivity contribution in [1.82, 2.24) is 15.1 Å². The van der Waals surface area contributed by atoms with Crippen LogP contribution in [0.2, 0.25) is 0 Å². The molecule has 1 saturated heterocycles. The summed E-state index contributed by atoms with van der Waals surface area (Å²) in [4.78, 5) is 40.5. The Morgan fingerprint density at radius 2 is 1.92 bits per heavy atom. The molecule has 3 N–H and O–H groups in total. The fourth-order valence-electron chi connectivity index (χ4n) is 2.99. The van der Waals surface area contributed by atoms with Crippen LogP contribution in [0.15, 0.2) is 24.3 Å². The minimum Gasteiger partial charge on any atom is -0.351 e. The highest BCUT2D eigenvalue weighted by Gasteiger charge is 2.46. The molecule has 1 aromatic rings. The lowest BCUT2D eigenvalue weighted by Gasteiger charge is -2.29. The molecule has 3 rings (SSSR count). The second-order valence-electron chi connectivity index (χ2n) is 6.27. The van der Waals surface area contributed by atoms with Crippen LogP contribution in [-0.4, -0.2) is 59.9 Å². The fraction of sp³-hybridized carbons (Fsp3) is 0.471. The number of halogens is 1. The second kappa shape index (κ2) is 7.18. The standard InChI is InChI=1S/C17H21FN4O3/c18-13-3-1-2-12(10-13)17(25)22-9-8-21(16(24)11-4-5-11)15(22)14(23)20-7-6-19/h1-3,10-11,15H,4-9,19H2,(H,20,23). The summed E-state index contributed by atoms with van der Waals surface area (Å²) in [7, 11) is 0. The van der Waals surface area contributed by atoms with Gasteiger partial charge in [0.15, 0.2) is 6.17 Å². The van der Waals surface area contributed by atoms with E-state index in [4.69, 9.17) is 5.73 Å². The predicted molar refractivity (Wildman–Crippen MR) is 87.7 cm³/mol. The SMILES string of the molecule is NCCNC(=O)C1N(C(=O)c2cccc(F)c2)CCN1C(=O)C1CC1. The van der Waals surface area contributed by atoms with E-state index in [1.807, 2.05) is 0 Å². The van der Waals surface area contributed by atoms with Crippen molar-refractivity contribution >= 4 is 17.7 Å². The highest BCUT2D eigenvalue weighted by Crippen LogP contribution is 2.33. The Kier molecular flexibility index (Phi) is 4.98. The quantitative estimate of drug-likeness (QED) is 0.778. The van der Waals surface area contributed by atoms with Crippen molar-refractivity contribution in [2.45, 2.75) is 19.0 Å². The molecular weight excluding hydrogens is 327 g/mol. The molecule has 2 aliphatic rings. The van der Waals surface area contributed by atoms with E-state index in [1.54, 1.807) is 0 Å². The van der Waals surface area contributed by atoms with Gasteiger partial charge in [0.1, 0.15) is 5.82 Å². The Hall–Kier alpha value is -2.48. The minimum absolute atomic E-state index is 0.0611. The van der Waals surface area contributed by atoms with Gasteiger partial charge in [0, 0.05) is 37.7 Å². The molecule has 8 heteroatoms. The number of hydrogen-bond acceptors (Lipinski definition) is 4. The molecule has 0 radical (unpaired) electrons. The lowest BCUT2D eigenvalue weighted by molar-refractivity contribution is -0.142. The van der Waals surface area contributed by atoms with E-state index in [-0.39, 0.29) is 43.6 Å². The largest absolute Gasteiger partial charge is 0.351 e. The van der Waals surface area contributed by atoms with Gasteiger partial charge in [-0.1, -0.05) is 6.07 Å².